The van der Waals surface area contributed by atoms with Crippen molar-refractivity contribution in [3.8, 4) is 5.75 Å². The van der Waals surface area contributed by atoms with Crippen molar-refractivity contribution in [2.75, 3.05) is 26.3 Å². The van der Waals surface area contributed by atoms with Gasteiger partial charge in [0.15, 0.2) is 0 Å². The Hall–Kier alpha value is -0.840. The lowest BCUT2D eigenvalue weighted by Gasteiger charge is -2.24. The summed E-state index contributed by atoms with van der Waals surface area (Å²) in [6, 6.07) is 3.26. The minimum atomic E-state index is -0.0922. The molecule has 1 unspecified atom stereocenters. The van der Waals surface area contributed by atoms with Crippen LogP contribution in [-0.4, -0.2) is 32.4 Å². The normalized spacial score (nSPS) is 21.6. The van der Waals surface area contributed by atoms with Crippen LogP contribution in [0.3, 0.4) is 0 Å². The summed E-state index contributed by atoms with van der Waals surface area (Å²) in [5.41, 5.74) is 1.90. The molecular weight excluding hydrogens is 269 g/mol. The first-order chi connectivity index (χ1) is 8.84. The summed E-state index contributed by atoms with van der Waals surface area (Å²) in [4.78, 5) is 0. The number of morpholine rings is 1. The Balaban J connectivity index is 0.00000133. The van der Waals surface area contributed by atoms with Crippen LogP contribution in [0.25, 0.3) is 0 Å². The lowest BCUT2D eigenvalue weighted by Crippen LogP contribution is -2.41. The van der Waals surface area contributed by atoms with Gasteiger partial charge in [-0.2, -0.15) is 0 Å². The fraction of sp³-hybridized carbons (Fsp3) is 0.571. The van der Waals surface area contributed by atoms with E-state index in [2.05, 4.69) is 5.32 Å². The zero-order valence-corrected chi connectivity index (χ0v) is 11.6. The monoisotopic (exact) mass is 287 g/mol. The number of halogens is 2. The van der Waals surface area contributed by atoms with Gasteiger partial charge in [0.25, 0.3) is 0 Å². The van der Waals surface area contributed by atoms with Crippen LogP contribution < -0.4 is 10.1 Å². The molecule has 5 heteroatoms. The largest absolute Gasteiger partial charge is 0.491 e. The summed E-state index contributed by atoms with van der Waals surface area (Å²) >= 11 is 0. The second kappa shape index (κ2) is 6.55. The molecule has 0 spiro atoms. The van der Waals surface area contributed by atoms with E-state index in [1.807, 2.05) is 0 Å². The van der Waals surface area contributed by atoms with Crippen LogP contribution in [0.4, 0.5) is 4.39 Å². The van der Waals surface area contributed by atoms with Gasteiger partial charge in [0.05, 0.1) is 6.61 Å². The molecular formula is C14H19ClFNO2. The van der Waals surface area contributed by atoms with Gasteiger partial charge in [-0.25, -0.2) is 4.39 Å². The van der Waals surface area contributed by atoms with Gasteiger partial charge in [0, 0.05) is 18.7 Å². The number of hydrogen-bond donors (Lipinski definition) is 1. The molecule has 0 bridgehead atoms. The Kier molecular flexibility index (Phi) is 5.02. The number of rotatable bonds is 3. The van der Waals surface area contributed by atoms with Crippen molar-refractivity contribution in [2.24, 2.45) is 0 Å². The zero-order valence-electron chi connectivity index (χ0n) is 10.8. The van der Waals surface area contributed by atoms with Gasteiger partial charge in [0.1, 0.15) is 24.3 Å². The van der Waals surface area contributed by atoms with Gasteiger partial charge in [-0.1, -0.05) is 0 Å². The number of benzene rings is 1. The third-order valence-corrected chi connectivity index (χ3v) is 3.61. The molecule has 1 saturated heterocycles. The molecule has 1 aliphatic heterocycles. The maximum Gasteiger partial charge on any atom is 0.126 e. The average molecular weight is 288 g/mol. The molecule has 1 N–H and O–H groups in total. The van der Waals surface area contributed by atoms with Gasteiger partial charge in [-0.05, 0) is 37.0 Å². The minimum Gasteiger partial charge on any atom is -0.491 e. The highest BCUT2D eigenvalue weighted by Gasteiger charge is 2.21. The Bertz CT molecular complexity index is 436. The third kappa shape index (κ3) is 3.19. The van der Waals surface area contributed by atoms with E-state index in [9.17, 15) is 4.39 Å². The zero-order chi connectivity index (χ0) is 12.4. The van der Waals surface area contributed by atoms with Gasteiger partial charge >= 0.3 is 0 Å². The summed E-state index contributed by atoms with van der Waals surface area (Å²) in [6.07, 6.45) is 2.88. The van der Waals surface area contributed by atoms with Crippen molar-refractivity contribution < 1.29 is 13.9 Å². The van der Waals surface area contributed by atoms with Crippen LogP contribution in [-0.2, 0) is 17.6 Å². The van der Waals surface area contributed by atoms with Crippen molar-refractivity contribution in [2.45, 2.75) is 25.4 Å². The predicted molar refractivity (Wildman–Crippen MR) is 73.8 cm³/mol. The highest BCUT2D eigenvalue weighted by atomic mass is 35.5. The number of nitrogens with one attached hydrogen (secondary N) is 1. The van der Waals surface area contributed by atoms with Crippen LogP contribution in [0.15, 0.2) is 12.1 Å². The Morgan fingerprint density at radius 2 is 2.16 bits per heavy atom. The SMILES string of the molecule is Cl.Fc1ccc(OCC2CNCCO2)c2c1CCC2. The minimum absolute atomic E-state index is 0. The fourth-order valence-corrected chi connectivity index (χ4v) is 2.67. The standard InChI is InChI=1S/C14H18FNO2.ClH/c15-13-4-5-14(12-3-1-2-11(12)13)18-9-10-8-16-6-7-17-10;/h4-5,10,16H,1-3,6-9H2;1H. The lowest BCUT2D eigenvalue weighted by atomic mass is 10.1. The van der Waals surface area contributed by atoms with Crippen LogP contribution in [0, 0.1) is 5.82 Å². The van der Waals surface area contributed by atoms with E-state index < -0.39 is 0 Å². The van der Waals surface area contributed by atoms with Crippen LogP contribution in [0.2, 0.25) is 0 Å². The Morgan fingerprint density at radius 3 is 2.95 bits per heavy atom. The molecule has 2 aliphatic rings. The summed E-state index contributed by atoms with van der Waals surface area (Å²) < 4.78 is 25.0. The molecule has 1 fully saturated rings. The first-order valence-corrected chi connectivity index (χ1v) is 6.60. The number of ether oxygens (including phenoxy) is 2. The number of fused-ring (bicyclic) bond motifs is 1. The van der Waals surface area contributed by atoms with Crippen molar-refractivity contribution >= 4 is 12.4 Å². The molecule has 0 aromatic heterocycles. The number of hydrogen-bond acceptors (Lipinski definition) is 3. The molecule has 1 aliphatic carbocycles. The van der Waals surface area contributed by atoms with Gasteiger partial charge < -0.3 is 14.8 Å². The summed E-state index contributed by atoms with van der Waals surface area (Å²) in [5, 5.41) is 3.27. The van der Waals surface area contributed by atoms with E-state index in [1.54, 1.807) is 6.07 Å². The quantitative estimate of drug-likeness (QED) is 0.924. The maximum absolute atomic E-state index is 13.6. The van der Waals surface area contributed by atoms with Crippen molar-refractivity contribution in [1.29, 1.82) is 0 Å². The molecule has 1 heterocycles. The highest BCUT2D eigenvalue weighted by molar-refractivity contribution is 5.85. The molecule has 0 amide bonds. The van der Waals surface area contributed by atoms with E-state index >= 15 is 0 Å². The summed E-state index contributed by atoms with van der Waals surface area (Å²) in [5.74, 6) is 0.739. The maximum atomic E-state index is 13.6. The molecule has 19 heavy (non-hydrogen) atoms. The lowest BCUT2D eigenvalue weighted by molar-refractivity contribution is 0.0000137. The smallest absolute Gasteiger partial charge is 0.126 e. The first-order valence-electron chi connectivity index (χ1n) is 6.60. The molecule has 1 aromatic rings. The third-order valence-electron chi connectivity index (χ3n) is 3.61. The highest BCUT2D eigenvalue weighted by Crippen LogP contribution is 2.32. The van der Waals surface area contributed by atoms with Gasteiger partial charge in [-0.3, -0.25) is 0 Å². The molecule has 0 saturated carbocycles. The van der Waals surface area contributed by atoms with Crippen molar-refractivity contribution in [1.82, 2.24) is 5.32 Å². The molecule has 3 nitrogen and oxygen atoms in total. The summed E-state index contributed by atoms with van der Waals surface area (Å²) in [6.45, 7) is 2.99. The Morgan fingerprint density at radius 1 is 1.32 bits per heavy atom. The predicted octanol–water partition coefficient (Wildman–Crippen LogP) is 2.10. The molecule has 3 rings (SSSR count). The van der Waals surface area contributed by atoms with E-state index in [0.29, 0.717) is 6.61 Å². The molecule has 106 valence electrons. The van der Waals surface area contributed by atoms with E-state index in [0.717, 1.165) is 55.8 Å². The summed E-state index contributed by atoms with van der Waals surface area (Å²) in [7, 11) is 0. The second-order valence-corrected chi connectivity index (χ2v) is 4.86. The molecule has 0 radical (unpaired) electrons. The topological polar surface area (TPSA) is 30.5 Å². The van der Waals surface area contributed by atoms with E-state index in [4.69, 9.17) is 9.47 Å². The van der Waals surface area contributed by atoms with Gasteiger partial charge in [-0.15, -0.1) is 12.4 Å². The van der Waals surface area contributed by atoms with E-state index in [1.165, 1.54) is 6.07 Å². The van der Waals surface area contributed by atoms with Gasteiger partial charge in [0.2, 0.25) is 0 Å². The van der Waals surface area contributed by atoms with Crippen LogP contribution >= 0.6 is 12.4 Å². The second-order valence-electron chi connectivity index (χ2n) is 4.86. The van der Waals surface area contributed by atoms with E-state index in [-0.39, 0.29) is 24.3 Å². The van der Waals surface area contributed by atoms with Crippen LogP contribution in [0.5, 0.6) is 5.75 Å². The first kappa shape index (κ1) is 14.6. The molecule has 1 atom stereocenters. The van der Waals surface area contributed by atoms with Crippen molar-refractivity contribution in [3.05, 3.63) is 29.1 Å². The Labute approximate surface area is 118 Å². The average Bonchev–Trinajstić information content (AvgIpc) is 2.90. The fourth-order valence-electron chi connectivity index (χ4n) is 2.67. The van der Waals surface area contributed by atoms with Crippen LogP contribution in [0.1, 0.15) is 17.5 Å². The molecule has 1 aromatic carbocycles. The van der Waals surface area contributed by atoms with Crippen molar-refractivity contribution in [3.63, 3.8) is 0 Å².